The van der Waals surface area contributed by atoms with E-state index in [0.29, 0.717) is 12.2 Å². The molecule has 2 rings (SSSR count). The summed E-state index contributed by atoms with van der Waals surface area (Å²) in [7, 11) is -3.74. The van der Waals surface area contributed by atoms with Crippen molar-refractivity contribution in [1.29, 1.82) is 0 Å². The average Bonchev–Trinajstić information content (AvgIpc) is 2.52. The number of thiocarbonyl (C=S) groups is 1. The minimum Gasteiger partial charge on any atom is -0.358 e. The lowest BCUT2D eigenvalue weighted by Crippen LogP contribution is -2.27. The maximum atomic E-state index is 12.5. The molecule has 4 N–H and O–H groups in total. The van der Waals surface area contributed by atoms with Gasteiger partial charge in [0.05, 0.1) is 10.5 Å². The SMILES string of the molecule is NS(=O)(=O)c1ccc(CNC(=S)Nc2ccc(C(F)(F)F)cc2)cc1. The predicted octanol–water partition coefficient (Wildman–Crippen LogP) is 2.84. The fourth-order valence-corrected chi connectivity index (χ4v) is 2.60. The van der Waals surface area contributed by atoms with Gasteiger partial charge in [0.2, 0.25) is 10.0 Å². The Hall–Kier alpha value is -2.17. The molecule has 0 unspecified atom stereocenters. The molecule has 0 aliphatic heterocycles. The Kier molecular flexibility index (Phi) is 5.65. The summed E-state index contributed by atoms with van der Waals surface area (Å²) in [6.45, 7) is 0.303. The molecule has 0 aromatic heterocycles. The molecule has 2 aromatic rings. The number of halogens is 3. The van der Waals surface area contributed by atoms with Crippen molar-refractivity contribution in [3.8, 4) is 0 Å². The molecule has 0 amide bonds. The minimum absolute atomic E-state index is 0.00158. The van der Waals surface area contributed by atoms with E-state index in [4.69, 9.17) is 17.4 Å². The third-order valence-electron chi connectivity index (χ3n) is 3.18. The van der Waals surface area contributed by atoms with E-state index in [9.17, 15) is 21.6 Å². The number of nitrogens with two attached hydrogens (primary N) is 1. The van der Waals surface area contributed by atoms with Crippen LogP contribution < -0.4 is 15.8 Å². The van der Waals surface area contributed by atoms with Gasteiger partial charge in [-0.2, -0.15) is 13.2 Å². The first kappa shape index (κ1) is 19.2. The molecule has 0 bridgehead atoms. The molecule has 2 aromatic carbocycles. The highest BCUT2D eigenvalue weighted by Crippen LogP contribution is 2.29. The van der Waals surface area contributed by atoms with E-state index in [1.165, 1.54) is 24.3 Å². The van der Waals surface area contributed by atoms with Gasteiger partial charge in [0, 0.05) is 12.2 Å². The zero-order valence-electron chi connectivity index (χ0n) is 12.7. The zero-order valence-corrected chi connectivity index (χ0v) is 14.3. The number of benzene rings is 2. The lowest BCUT2D eigenvalue weighted by Gasteiger charge is -2.12. The van der Waals surface area contributed by atoms with Gasteiger partial charge in [-0.3, -0.25) is 0 Å². The van der Waals surface area contributed by atoms with Crippen LogP contribution in [0.2, 0.25) is 0 Å². The van der Waals surface area contributed by atoms with E-state index in [-0.39, 0.29) is 10.0 Å². The van der Waals surface area contributed by atoms with Crippen LogP contribution in [0, 0.1) is 0 Å². The van der Waals surface area contributed by atoms with Gasteiger partial charge in [0.15, 0.2) is 5.11 Å². The second kappa shape index (κ2) is 7.38. The topological polar surface area (TPSA) is 84.2 Å². The molecule has 134 valence electrons. The van der Waals surface area contributed by atoms with Crippen molar-refractivity contribution in [3.63, 3.8) is 0 Å². The molecule has 0 fully saturated rings. The first-order chi connectivity index (χ1) is 11.6. The van der Waals surface area contributed by atoms with Crippen molar-refractivity contribution in [3.05, 3.63) is 59.7 Å². The maximum Gasteiger partial charge on any atom is 0.416 e. The van der Waals surface area contributed by atoms with Gasteiger partial charge in [-0.1, -0.05) is 12.1 Å². The number of primary sulfonamides is 1. The summed E-state index contributed by atoms with van der Waals surface area (Å²) < 4.78 is 59.8. The van der Waals surface area contributed by atoms with Crippen molar-refractivity contribution < 1.29 is 21.6 Å². The highest BCUT2D eigenvalue weighted by molar-refractivity contribution is 7.89. The Bertz CT molecular complexity index is 849. The van der Waals surface area contributed by atoms with Gasteiger partial charge in [0.25, 0.3) is 0 Å². The van der Waals surface area contributed by atoms with E-state index in [1.54, 1.807) is 12.1 Å². The second-order valence-electron chi connectivity index (χ2n) is 5.07. The Morgan fingerprint density at radius 3 is 2.08 bits per heavy atom. The molecule has 25 heavy (non-hydrogen) atoms. The Labute approximate surface area is 148 Å². The molecule has 0 atom stereocenters. The standard InChI is InChI=1S/C15H14F3N3O2S2/c16-15(17,18)11-3-5-12(6-4-11)21-14(24)20-9-10-1-7-13(8-2-10)25(19,22)23/h1-8H,9H2,(H2,19,22,23)(H2,20,21,24). The maximum absolute atomic E-state index is 12.5. The fourth-order valence-electron chi connectivity index (χ4n) is 1.90. The predicted molar refractivity (Wildman–Crippen MR) is 92.3 cm³/mol. The van der Waals surface area contributed by atoms with Crippen LogP contribution in [0.4, 0.5) is 18.9 Å². The number of anilines is 1. The van der Waals surface area contributed by atoms with Gasteiger partial charge in [-0.15, -0.1) is 0 Å². The number of rotatable bonds is 4. The zero-order chi connectivity index (χ0) is 18.7. The summed E-state index contributed by atoms with van der Waals surface area (Å²) in [6, 6.07) is 10.4. The van der Waals surface area contributed by atoms with Crippen LogP contribution in [-0.4, -0.2) is 13.5 Å². The van der Waals surface area contributed by atoms with Crippen molar-refractivity contribution >= 4 is 33.0 Å². The lowest BCUT2D eigenvalue weighted by atomic mass is 10.2. The molecule has 5 nitrogen and oxygen atoms in total. The lowest BCUT2D eigenvalue weighted by molar-refractivity contribution is -0.137. The number of hydrogen-bond donors (Lipinski definition) is 3. The number of hydrogen-bond acceptors (Lipinski definition) is 3. The van der Waals surface area contributed by atoms with Crippen LogP contribution in [0.1, 0.15) is 11.1 Å². The quantitative estimate of drug-likeness (QED) is 0.701. The van der Waals surface area contributed by atoms with Crippen molar-refractivity contribution in [2.75, 3.05) is 5.32 Å². The van der Waals surface area contributed by atoms with Crippen molar-refractivity contribution in [1.82, 2.24) is 5.32 Å². The Morgan fingerprint density at radius 2 is 1.60 bits per heavy atom. The van der Waals surface area contributed by atoms with E-state index in [0.717, 1.165) is 17.7 Å². The van der Waals surface area contributed by atoms with E-state index in [2.05, 4.69) is 10.6 Å². The molecular formula is C15H14F3N3O2S2. The highest BCUT2D eigenvalue weighted by Gasteiger charge is 2.29. The van der Waals surface area contributed by atoms with Gasteiger partial charge in [0.1, 0.15) is 0 Å². The summed E-state index contributed by atoms with van der Waals surface area (Å²) in [5.74, 6) is 0. The summed E-state index contributed by atoms with van der Waals surface area (Å²) in [6.07, 6.45) is -4.39. The average molecular weight is 389 g/mol. The van der Waals surface area contributed by atoms with Crippen LogP contribution >= 0.6 is 12.2 Å². The van der Waals surface area contributed by atoms with Crippen LogP contribution in [-0.2, 0) is 22.7 Å². The number of sulfonamides is 1. The van der Waals surface area contributed by atoms with Gasteiger partial charge < -0.3 is 10.6 Å². The van der Waals surface area contributed by atoms with Crippen molar-refractivity contribution in [2.45, 2.75) is 17.6 Å². The molecule has 0 radical (unpaired) electrons. The molecule has 10 heteroatoms. The van der Waals surface area contributed by atoms with Crippen LogP contribution in [0.5, 0.6) is 0 Å². The molecule has 0 saturated heterocycles. The largest absolute Gasteiger partial charge is 0.416 e. The monoisotopic (exact) mass is 389 g/mol. The molecule has 0 aliphatic rings. The Balaban J connectivity index is 1.90. The molecule has 0 spiro atoms. The smallest absolute Gasteiger partial charge is 0.358 e. The van der Waals surface area contributed by atoms with Crippen LogP contribution in [0.15, 0.2) is 53.4 Å². The van der Waals surface area contributed by atoms with E-state index in [1.807, 2.05) is 0 Å². The highest BCUT2D eigenvalue weighted by atomic mass is 32.2. The van der Waals surface area contributed by atoms with E-state index >= 15 is 0 Å². The first-order valence-corrected chi connectivity index (χ1v) is 8.85. The van der Waals surface area contributed by atoms with Gasteiger partial charge >= 0.3 is 6.18 Å². The first-order valence-electron chi connectivity index (χ1n) is 6.89. The number of nitrogens with one attached hydrogen (secondary N) is 2. The minimum atomic E-state index is -4.39. The van der Waals surface area contributed by atoms with Crippen LogP contribution in [0.3, 0.4) is 0 Å². The summed E-state index contributed by atoms with van der Waals surface area (Å²) in [5.41, 5.74) is 0.422. The molecule has 0 aliphatic carbocycles. The fraction of sp³-hybridized carbons (Fsp3) is 0.133. The van der Waals surface area contributed by atoms with Gasteiger partial charge in [-0.25, -0.2) is 13.6 Å². The second-order valence-corrected chi connectivity index (χ2v) is 7.04. The van der Waals surface area contributed by atoms with E-state index < -0.39 is 21.8 Å². The Morgan fingerprint density at radius 1 is 1.04 bits per heavy atom. The van der Waals surface area contributed by atoms with Gasteiger partial charge in [-0.05, 0) is 54.2 Å². The normalized spacial score (nSPS) is 11.8. The molecule has 0 saturated carbocycles. The summed E-state index contributed by atoms with van der Waals surface area (Å²) in [5, 5.41) is 10.9. The third-order valence-corrected chi connectivity index (χ3v) is 4.35. The molecule has 0 heterocycles. The summed E-state index contributed by atoms with van der Waals surface area (Å²) >= 11 is 5.07. The summed E-state index contributed by atoms with van der Waals surface area (Å²) in [4.78, 5) is 0.00158. The van der Waals surface area contributed by atoms with Crippen molar-refractivity contribution in [2.24, 2.45) is 5.14 Å². The van der Waals surface area contributed by atoms with Crippen LogP contribution in [0.25, 0.3) is 0 Å². The number of alkyl halides is 3. The molecular weight excluding hydrogens is 375 g/mol. The third kappa shape index (κ3) is 5.69.